The lowest BCUT2D eigenvalue weighted by molar-refractivity contribution is 0.102. The highest BCUT2D eigenvalue weighted by atomic mass is 32.2. The first kappa shape index (κ1) is 14.8. The van der Waals surface area contributed by atoms with E-state index in [4.69, 9.17) is 0 Å². The van der Waals surface area contributed by atoms with Crippen molar-refractivity contribution in [3.63, 3.8) is 0 Å². The molecule has 2 unspecified atom stereocenters. The maximum atomic E-state index is 11.7. The second kappa shape index (κ2) is 6.08. The van der Waals surface area contributed by atoms with Crippen LogP contribution in [0.2, 0.25) is 0 Å². The Kier molecular flexibility index (Phi) is 5.01. The van der Waals surface area contributed by atoms with Gasteiger partial charge in [-0.1, -0.05) is 30.3 Å². The number of carbonyl (C=O) groups excluding carboxylic acids is 1. The third kappa shape index (κ3) is 4.56. The summed E-state index contributed by atoms with van der Waals surface area (Å²) in [5.74, 6) is -1.09. The van der Waals surface area contributed by atoms with Gasteiger partial charge in [0, 0.05) is 11.6 Å². The SMILES string of the molecule is CC(O)C(C)NS(=O)(=O)CC(=O)c1ccccc1. The fourth-order valence-corrected chi connectivity index (χ4v) is 2.66. The van der Waals surface area contributed by atoms with Gasteiger partial charge in [-0.25, -0.2) is 13.1 Å². The van der Waals surface area contributed by atoms with Gasteiger partial charge in [0.05, 0.1) is 6.10 Å². The number of aliphatic hydroxyl groups excluding tert-OH is 1. The van der Waals surface area contributed by atoms with Crippen LogP contribution in [0.25, 0.3) is 0 Å². The largest absolute Gasteiger partial charge is 0.392 e. The second-order valence-corrected chi connectivity index (χ2v) is 5.95. The number of sulfonamides is 1. The molecule has 0 fully saturated rings. The molecule has 0 aliphatic heterocycles. The minimum atomic E-state index is -3.73. The van der Waals surface area contributed by atoms with Crippen LogP contribution in [0.4, 0.5) is 0 Å². The third-order valence-corrected chi connectivity index (χ3v) is 3.88. The van der Waals surface area contributed by atoms with Crippen molar-refractivity contribution in [2.75, 3.05) is 5.75 Å². The van der Waals surface area contributed by atoms with Crippen LogP contribution in [-0.2, 0) is 10.0 Å². The zero-order chi connectivity index (χ0) is 13.8. The molecule has 1 aromatic rings. The Morgan fingerprint density at radius 1 is 1.28 bits per heavy atom. The third-order valence-electron chi connectivity index (χ3n) is 2.51. The van der Waals surface area contributed by atoms with E-state index in [0.717, 1.165) is 0 Å². The molecule has 100 valence electrons. The van der Waals surface area contributed by atoms with Crippen LogP contribution in [0.15, 0.2) is 30.3 Å². The summed E-state index contributed by atoms with van der Waals surface area (Å²) in [6.45, 7) is 3.02. The number of ketones is 1. The zero-order valence-electron chi connectivity index (χ0n) is 10.3. The predicted octanol–water partition coefficient (Wildman–Crippen LogP) is 0.558. The lowest BCUT2D eigenvalue weighted by Gasteiger charge is -2.16. The van der Waals surface area contributed by atoms with Gasteiger partial charge in [-0.2, -0.15) is 0 Å². The fraction of sp³-hybridized carbons (Fsp3) is 0.417. The first-order valence-corrected chi connectivity index (χ1v) is 7.23. The number of nitrogens with one attached hydrogen (secondary N) is 1. The number of benzene rings is 1. The summed E-state index contributed by atoms with van der Waals surface area (Å²) in [4.78, 5) is 11.7. The summed E-state index contributed by atoms with van der Waals surface area (Å²) in [7, 11) is -3.73. The van der Waals surface area contributed by atoms with Crippen molar-refractivity contribution < 1.29 is 18.3 Å². The van der Waals surface area contributed by atoms with Crippen molar-refractivity contribution in [1.82, 2.24) is 4.72 Å². The van der Waals surface area contributed by atoms with Crippen molar-refractivity contribution in [3.05, 3.63) is 35.9 Å². The standard InChI is InChI=1S/C12H17NO4S/c1-9(10(2)14)13-18(16,17)8-12(15)11-6-4-3-5-7-11/h3-7,9-10,13-14H,8H2,1-2H3. The first-order chi connectivity index (χ1) is 8.32. The van der Waals surface area contributed by atoms with Crippen molar-refractivity contribution in [1.29, 1.82) is 0 Å². The van der Waals surface area contributed by atoms with Crippen LogP contribution < -0.4 is 4.72 Å². The fourth-order valence-electron chi connectivity index (χ4n) is 1.30. The molecule has 1 aromatic carbocycles. The van der Waals surface area contributed by atoms with Gasteiger partial charge in [-0.3, -0.25) is 4.79 Å². The first-order valence-electron chi connectivity index (χ1n) is 5.58. The topological polar surface area (TPSA) is 83.5 Å². The Bertz CT molecular complexity index is 496. The lowest BCUT2D eigenvalue weighted by Crippen LogP contribution is -2.42. The minimum absolute atomic E-state index is 0.354. The maximum Gasteiger partial charge on any atom is 0.219 e. The molecule has 0 saturated carbocycles. The second-order valence-electron chi connectivity index (χ2n) is 4.20. The number of carbonyl (C=O) groups is 1. The van der Waals surface area contributed by atoms with Crippen LogP contribution in [0, 0.1) is 0 Å². The number of hydrogen-bond donors (Lipinski definition) is 2. The summed E-state index contributed by atoms with van der Waals surface area (Å²) < 4.78 is 25.6. The molecular formula is C12H17NO4S. The highest BCUT2D eigenvalue weighted by molar-refractivity contribution is 7.90. The molecule has 1 rings (SSSR count). The summed E-state index contributed by atoms with van der Waals surface area (Å²) in [6, 6.07) is 7.60. The van der Waals surface area contributed by atoms with Crippen LogP contribution in [0.3, 0.4) is 0 Å². The van der Waals surface area contributed by atoms with E-state index in [1.54, 1.807) is 30.3 Å². The molecule has 18 heavy (non-hydrogen) atoms. The Hall–Kier alpha value is -1.24. The molecule has 0 aliphatic rings. The van der Waals surface area contributed by atoms with E-state index in [9.17, 15) is 18.3 Å². The molecule has 0 saturated heterocycles. The molecule has 0 amide bonds. The Balaban J connectivity index is 2.70. The molecule has 0 aromatic heterocycles. The minimum Gasteiger partial charge on any atom is -0.392 e. The van der Waals surface area contributed by atoms with Crippen molar-refractivity contribution in [2.24, 2.45) is 0 Å². The van der Waals surface area contributed by atoms with Gasteiger partial charge in [0.25, 0.3) is 0 Å². The molecule has 5 nitrogen and oxygen atoms in total. The molecule has 0 radical (unpaired) electrons. The summed E-state index contributed by atoms with van der Waals surface area (Å²) in [6.07, 6.45) is -0.813. The van der Waals surface area contributed by atoms with Gasteiger partial charge < -0.3 is 5.11 Å². The monoisotopic (exact) mass is 271 g/mol. The highest BCUT2D eigenvalue weighted by Gasteiger charge is 2.21. The number of hydrogen-bond acceptors (Lipinski definition) is 4. The number of Topliss-reactive ketones (excluding diaryl/α,β-unsaturated/α-hetero) is 1. The van der Waals surface area contributed by atoms with Crippen LogP contribution in [-0.4, -0.2) is 37.2 Å². The van der Waals surface area contributed by atoms with E-state index in [1.807, 2.05) is 0 Å². The van der Waals surface area contributed by atoms with Gasteiger partial charge in [-0.05, 0) is 13.8 Å². The molecule has 0 aliphatic carbocycles. The average Bonchev–Trinajstić information content (AvgIpc) is 2.28. The molecule has 2 atom stereocenters. The quantitative estimate of drug-likeness (QED) is 0.740. The zero-order valence-corrected chi connectivity index (χ0v) is 11.1. The van der Waals surface area contributed by atoms with E-state index in [-0.39, 0.29) is 0 Å². The highest BCUT2D eigenvalue weighted by Crippen LogP contribution is 2.03. The molecule has 6 heteroatoms. The Morgan fingerprint density at radius 2 is 1.83 bits per heavy atom. The number of rotatable bonds is 6. The normalized spacial score (nSPS) is 15.1. The van der Waals surface area contributed by atoms with Gasteiger partial charge in [-0.15, -0.1) is 0 Å². The molecule has 0 spiro atoms. The smallest absolute Gasteiger partial charge is 0.219 e. The molecular weight excluding hydrogens is 254 g/mol. The molecule has 0 bridgehead atoms. The van der Waals surface area contributed by atoms with Crippen LogP contribution in [0.1, 0.15) is 24.2 Å². The molecule has 0 heterocycles. The van der Waals surface area contributed by atoms with Crippen LogP contribution >= 0.6 is 0 Å². The van der Waals surface area contributed by atoms with Crippen molar-refractivity contribution >= 4 is 15.8 Å². The maximum absolute atomic E-state index is 11.7. The predicted molar refractivity (Wildman–Crippen MR) is 68.8 cm³/mol. The van der Waals surface area contributed by atoms with E-state index in [2.05, 4.69) is 4.72 Å². The van der Waals surface area contributed by atoms with Crippen molar-refractivity contribution in [2.45, 2.75) is 26.0 Å². The van der Waals surface area contributed by atoms with Gasteiger partial charge in [0.2, 0.25) is 10.0 Å². The lowest BCUT2D eigenvalue weighted by atomic mass is 10.2. The summed E-state index contributed by atoms with van der Waals surface area (Å²) in [5, 5.41) is 9.22. The van der Waals surface area contributed by atoms with E-state index < -0.39 is 33.7 Å². The van der Waals surface area contributed by atoms with Gasteiger partial charge in [0.1, 0.15) is 5.75 Å². The number of aliphatic hydroxyl groups is 1. The average molecular weight is 271 g/mol. The van der Waals surface area contributed by atoms with Gasteiger partial charge in [0.15, 0.2) is 5.78 Å². The Labute approximate surface area is 107 Å². The molecule has 2 N–H and O–H groups in total. The van der Waals surface area contributed by atoms with Crippen LogP contribution in [0.5, 0.6) is 0 Å². The van der Waals surface area contributed by atoms with E-state index >= 15 is 0 Å². The van der Waals surface area contributed by atoms with E-state index in [0.29, 0.717) is 5.56 Å². The van der Waals surface area contributed by atoms with Gasteiger partial charge >= 0.3 is 0 Å². The van der Waals surface area contributed by atoms with Crippen molar-refractivity contribution in [3.8, 4) is 0 Å². The van der Waals surface area contributed by atoms with E-state index in [1.165, 1.54) is 13.8 Å². The Morgan fingerprint density at radius 3 is 2.33 bits per heavy atom. The summed E-state index contributed by atoms with van der Waals surface area (Å²) in [5.41, 5.74) is 0.354. The summed E-state index contributed by atoms with van der Waals surface area (Å²) >= 11 is 0.